The van der Waals surface area contributed by atoms with E-state index in [4.69, 9.17) is 14.7 Å². The number of amides is 1. The molecule has 1 aromatic carbocycles. The molecular formula is C24H34N6O2S. The van der Waals surface area contributed by atoms with Crippen molar-refractivity contribution in [2.45, 2.75) is 51.7 Å². The van der Waals surface area contributed by atoms with Gasteiger partial charge in [-0.25, -0.2) is 14.6 Å². The number of ether oxygens (including phenoxy) is 1. The zero-order chi connectivity index (χ0) is 23.6. The molecule has 0 spiro atoms. The van der Waals surface area contributed by atoms with E-state index in [1.807, 2.05) is 28.9 Å². The number of carbonyl (C=O) groups excluding carboxylic acids is 1. The molecule has 2 heterocycles. The zero-order valence-electron chi connectivity index (χ0n) is 19.9. The predicted molar refractivity (Wildman–Crippen MR) is 134 cm³/mol. The Bertz CT molecular complexity index is 1040. The topological polar surface area (TPSA) is 94.0 Å². The number of anilines is 1. The van der Waals surface area contributed by atoms with Crippen LogP contribution in [0.3, 0.4) is 0 Å². The van der Waals surface area contributed by atoms with Crippen molar-refractivity contribution in [2.24, 2.45) is 5.92 Å². The van der Waals surface area contributed by atoms with Crippen molar-refractivity contribution in [1.82, 2.24) is 25.1 Å². The second-order valence-electron chi connectivity index (χ2n) is 8.28. The van der Waals surface area contributed by atoms with Gasteiger partial charge >= 0.3 is 0 Å². The molecule has 3 rings (SSSR count). The van der Waals surface area contributed by atoms with Crippen LogP contribution < -0.4 is 15.4 Å². The lowest BCUT2D eigenvalue weighted by atomic mass is 10.1. The molecule has 0 aliphatic rings. The van der Waals surface area contributed by atoms with Gasteiger partial charge in [-0.2, -0.15) is 5.10 Å². The fourth-order valence-corrected chi connectivity index (χ4v) is 3.93. The average Bonchev–Trinajstić information content (AvgIpc) is 3.23. The Hall–Kier alpha value is -2.81. The fourth-order valence-electron chi connectivity index (χ4n) is 3.23. The standard InChI is InChI=1S/C24H34N6O2S/c1-5-14-33-24-28-22(26-15-17(2)3)20-16-27-30(23(20)29-24)13-12-25-21(31)11-8-18-6-9-19(32-4)10-7-18/h6-7,9-10,16-17H,5,8,11-15H2,1-4H3,(H,25,31)(H,26,28,29). The summed E-state index contributed by atoms with van der Waals surface area (Å²) < 4.78 is 7.01. The lowest BCUT2D eigenvalue weighted by Gasteiger charge is -2.11. The smallest absolute Gasteiger partial charge is 0.220 e. The number of nitrogens with zero attached hydrogens (tertiary/aromatic N) is 4. The second kappa shape index (κ2) is 12.4. The van der Waals surface area contributed by atoms with Crippen LogP contribution in [0.4, 0.5) is 5.82 Å². The molecule has 0 saturated heterocycles. The number of methoxy groups -OCH3 is 1. The van der Waals surface area contributed by atoms with Crippen molar-refractivity contribution in [3.63, 3.8) is 0 Å². The predicted octanol–water partition coefficient (Wildman–Crippen LogP) is 4.15. The number of nitrogens with one attached hydrogen (secondary N) is 2. The van der Waals surface area contributed by atoms with Crippen molar-refractivity contribution in [3.8, 4) is 5.75 Å². The summed E-state index contributed by atoms with van der Waals surface area (Å²) in [6.45, 7) is 8.35. The van der Waals surface area contributed by atoms with Crippen molar-refractivity contribution in [1.29, 1.82) is 0 Å². The highest BCUT2D eigenvalue weighted by atomic mass is 32.2. The summed E-state index contributed by atoms with van der Waals surface area (Å²) in [5.41, 5.74) is 1.90. The van der Waals surface area contributed by atoms with Crippen LogP contribution in [0.5, 0.6) is 5.75 Å². The van der Waals surface area contributed by atoms with Crippen LogP contribution in [0, 0.1) is 5.92 Å². The Labute approximate surface area is 199 Å². The second-order valence-corrected chi connectivity index (χ2v) is 9.34. The fraction of sp³-hybridized carbons (Fsp3) is 0.500. The van der Waals surface area contributed by atoms with Crippen LogP contribution in [-0.2, 0) is 17.8 Å². The van der Waals surface area contributed by atoms with Crippen LogP contribution >= 0.6 is 11.8 Å². The number of hydrogen-bond acceptors (Lipinski definition) is 7. The lowest BCUT2D eigenvalue weighted by Crippen LogP contribution is -2.27. The molecule has 0 bridgehead atoms. The first-order valence-corrected chi connectivity index (χ1v) is 12.5. The van der Waals surface area contributed by atoms with Gasteiger partial charge in [0.1, 0.15) is 11.6 Å². The summed E-state index contributed by atoms with van der Waals surface area (Å²) in [7, 11) is 1.64. The molecule has 0 radical (unpaired) electrons. The van der Waals surface area contributed by atoms with E-state index in [1.165, 1.54) is 0 Å². The summed E-state index contributed by atoms with van der Waals surface area (Å²) in [5, 5.41) is 12.6. The van der Waals surface area contributed by atoms with E-state index in [-0.39, 0.29) is 5.91 Å². The number of fused-ring (bicyclic) bond motifs is 1. The minimum Gasteiger partial charge on any atom is -0.497 e. The number of thioether (sulfide) groups is 1. The van der Waals surface area contributed by atoms with E-state index in [0.29, 0.717) is 31.8 Å². The number of hydrogen-bond donors (Lipinski definition) is 2. The van der Waals surface area contributed by atoms with Crippen molar-refractivity contribution in [3.05, 3.63) is 36.0 Å². The minimum absolute atomic E-state index is 0.0235. The Morgan fingerprint density at radius 3 is 2.70 bits per heavy atom. The Kier molecular flexibility index (Phi) is 9.35. The third-order valence-corrected chi connectivity index (χ3v) is 6.09. The molecule has 0 unspecified atom stereocenters. The van der Waals surface area contributed by atoms with E-state index in [1.54, 1.807) is 25.1 Å². The summed E-state index contributed by atoms with van der Waals surface area (Å²) in [6.07, 6.45) is 3.99. The first-order chi connectivity index (χ1) is 16.0. The molecule has 178 valence electrons. The molecule has 0 aliphatic heterocycles. The quantitative estimate of drug-likeness (QED) is 0.286. The molecule has 0 saturated carbocycles. The van der Waals surface area contributed by atoms with Gasteiger partial charge in [0.2, 0.25) is 5.91 Å². The minimum atomic E-state index is 0.0235. The summed E-state index contributed by atoms with van der Waals surface area (Å²) in [6, 6.07) is 7.80. The SMILES string of the molecule is CCCSc1nc(NCC(C)C)c2cnn(CCNC(=O)CCc3ccc(OC)cc3)c2n1. The summed E-state index contributed by atoms with van der Waals surface area (Å²) in [5.74, 6) is 3.13. The van der Waals surface area contributed by atoms with Gasteiger partial charge in [-0.15, -0.1) is 0 Å². The van der Waals surface area contributed by atoms with Crippen molar-refractivity contribution in [2.75, 3.05) is 31.3 Å². The maximum Gasteiger partial charge on any atom is 0.220 e. The maximum atomic E-state index is 12.3. The van der Waals surface area contributed by atoms with E-state index in [2.05, 4.69) is 36.5 Å². The van der Waals surface area contributed by atoms with Gasteiger partial charge in [-0.3, -0.25) is 4.79 Å². The van der Waals surface area contributed by atoms with Gasteiger partial charge in [0.25, 0.3) is 0 Å². The Balaban J connectivity index is 1.59. The van der Waals surface area contributed by atoms with Crippen molar-refractivity contribution < 1.29 is 9.53 Å². The normalized spacial score (nSPS) is 11.2. The zero-order valence-corrected chi connectivity index (χ0v) is 20.7. The molecule has 1 amide bonds. The van der Waals surface area contributed by atoms with E-state index in [0.717, 1.165) is 52.0 Å². The molecule has 9 heteroatoms. The molecule has 2 N–H and O–H groups in total. The molecule has 0 fully saturated rings. The van der Waals surface area contributed by atoms with Gasteiger partial charge < -0.3 is 15.4 Å². The number of benzene rings is 1. The number of rotatable bonds is 13. The Morgan fingerprint density at radius 2 is 2.00 bits per heavy atom. The van der Waals surface area contributed by atoms with Gasteiger partial charge in [-0.05, 0) is 36.5 Å². The summed E-state index contributed by atoms with van der Waals surface area (Å²) in [4.78, 5) is 21.7. The molecule has 2 aromatic heterocycles. The van der Waals surface area contributed by atoms with Crippen LogP contribution in [0.1, 0.15) is 39.2 Å². The van der Waals surface area contributed by atoms with Gasteiger partial charge in [-0.1, -0.05) is 44.7 Å². The number of aromatic nitrogens is 4. The highest BCUT2D eigenvalue weighted by Crippen LogP contribution is 2.25. The van der Waals surface area contributed by atoms with Crippen LogP contribution in [0.25, 0.3) is 11.0 Å². The molecule has 8 nitrogen and oxygen atoms in total. The van der Waals surface area contributed by atoms with E-state index >= 15 is 0 Å². The lowest BCUT2D eigenvalue weighted by molar-refractivity contribution is -0.121. The van der Waals surface area contributed by atoms with E-state index < -0.39 is 0 Å². The van der Waals surface area contributed by atoms with Crippen molar-refractivity contribution >= 4 is 34.5 Å². The van der Waals surface area contributed by atoms with Gasteiger partial charge in [0, 0.05) is 25.3 Å². The highest BCUT2D eigenvalue weighted by molar-refractivity contribution is 7.99. The monoisotopic (exact) mass is 470 g/mol. The average molecular weight is 471 g/mol. The molecule has 33 heavy (non-hydrogen) atoms. The summed E-state index contributed by atoms with van der Waals surface area (Å²) >= 11 is 1.65. The van der Waals surface area contributed by atoms with Crippen LogP contribution in [0.15, 0.2) is 35.6 Å². The largest absolute Gasteiger partial charge is 0.497 e. The molecule has 3 aromatic rings. The maximum absolute atomic E-state index is 12.3. The molecule has 0 atom stereocenters. The number of carbonyl (C=O) groups is 1. The Morgan fingerprint density at radius 1 is 1.21 bits per heavy atom. The number of aryl methyl sites for hydroxylation is 1. The third-order valence-electron chi connectivity index (χ3n) is 5.03. The van der Waals surface area contributed by atoms with Crippen LogP contribution in [0.2, 0.25) is 0 Å². The van der Waals surface area contributed by atoms with Crippen LogP contribution in [-0.4, -0.2) is 51.6 Å². The van der Waals surface area contributed by atoms with Gasteiger partial charge in [0.15, 0.2) is 10.8 Å². The molecular weight excluding hydrogens is 436 g/mol. The highest BCUT2D eigenvalue weighted by Gasteiger charge is 2.14. The van der Waals surface area contributed by atoms with Gasteiger partial charge in [0.05, 0.1) is 25.2 Å². The first kappa shape index (κ1) is 24.8. The third kappa shape index (κ3) is 7.35. The van der Waals surface area contributed by atoms with E-state index in [9.17, 15) is 4.79 Å². The molecule has 0 aliphatic carbocycles. The first-order valence-electron chi connectivity index (χ1n) is 11.5.